The normalized spacial score (nSPS) is 19.9. The second kappa shape index (κ2) is 7.22. The average Bonchev–Trinajstić information content (AvgIpc) is 3.19. The van der Waals surface area contributed by atoms with Crippen molar-refractivity contribution in [2.24, 2.45) is 4.99 Å². The van der Waals surface area contributed by atoms with Gasteiger partial charge in [0.05, 0.1) is 4.92 Å². The SMILES string of the molecule is Cc1ccc(NC(=O)C[C@@H]2SC(N3CCCC3)=NC2=O)c([N+](=O)[O-])c1. The topological polar surface area (TPSA) is 105 Å². The summed E-state index contributed by atoms with van der Waals surface area (Å²) in [4.78, 5) is 41.0. The van der Waals surface area contributed by atoms with Crippen LogP contribution in [0.15, 0.2) is 23.2 Å². The fraction of sp³-hybridized carbons (Fsp3) is 0.438. The maximum absolute atomic E-state index is 12.2. The number of aliphatic imine (C=N–C) groups is 1. The van der Waals surface area contributed by atoms with E-state index in [1.807, 2.05) is 0 Å². The number of likely N-dealkylation sites (tertiary alicyclic amines) is 1. The summed E-state index contributed by atoms with van der Waals surface area (Å²) in [7, 11) is 0. The molecule has 0 radical (unpaired) electrons. The van der Waals surface area contributed by atoms with Crippen molar-refractivity contribution in [1.29, 1.82) is 0 Å². The molecule has 2 heterocycles. The first-order valence-electron chi connectivity index (χ1n) is 8.03. The van der Waals surface area contributed by atoms with Crippen molar-refractivity contribution in [1.82, 2.24) is 4.90 Å². The number of carbonyl (C=O) groups excluding carboxylic acids is 2. The number of hydrogen-bond donors (Lipinski definition) is 1. The number of benzene rings is 1. The molecule has 0 aromatic heterocycles. The minimum absolute atomic E-state index is 0.0601. The minimum atomic E-state index is -0.569. The number of hydrogen-bond acceptors (Lipinski definition) is 6. The van der Waals surface area contributed by atoms with Gasteiger partial charge >= 0.3 is 0 Å². The van der Waals surface area contributed by atoms with E-state index in [1.54, 1.807) is 13.0 Å². The highest BCUT2D eigenvalue weighted by Gasteiger charge is 2.34. The first kappa shape index (κ1) is 17.4. The Kier molecular flexibility index (Phi) is 5.03. The van der Waals surface area contributed by atoms with Gasteiger partial charge in [0.15, 0.2) is 5.17 Å². The third-order valence-electron chi connectivity index (χ3n) is 4.10. The molecule has 0 saturated carbocycles. The summed E-state index contributed by atoms with van der Waals surface area (Å²) in [6.07, 6.45) is 2.10. The first-order chi connectivity index (χ1) is 11.9. The lowest BCUT2D eigenvalue weighted by molar-refractivity contribution is -0.384. The molecule has 1 aromatic carbocycles. The van der Waals surface area contributed by atoms with Crippen LogP contribution >= 0.6 is 11.8 Å². The Morgan fingerprint density at radius 2 is 2.16 bits per heavy atom. The zero-order chi connectivity index (χ0) is 18.0. The molecular formula is C16H18N4O4S. The number of nitrogens with zero attached hydrogens (tertiary/aromatic N) is 3. The molecule has 0 aliphatic carbocycles. The highest BCUT2D eigenvalue weighted by atomic mass is 32.2. The predicted molar refractivity (Wildman–Crippen MR) is 95.7 cm³/mol. The smallest absolute Gasteiger partial charge is 0.293 e. The van der Waals surface area contributed by atoms with Crippen molar-refractivity contribution in [2.45, 2.75) is 31.4 Å². The fourth-order valence-electron chi connectivity index (χ4n) is 2.82. The summed E-state index contributed by atoms with van der Waals surface area (Å²) >= 11 is 1.30. The van der Waals surface area contributed by atoms with E-state index in [0.29, 0.717) is 5.17 Å². The van der Waals surface area contributed by atoms with Gasteiger partial charge in [0.1, 0.15) is 10.9 Å². The Morgan fingerprint density at radius 1 is 1.44 bits per heavy atom. The van der Waals surface area contributed by atoms with Crippen molar-refractivity contribution in [3.63, 3.8) is 0 Å². The molecule has 1 fully saturated rings. The third-order valence-corrected chi connectivity index (χ3v) is 5.31. The van der Waals surface area contributed by atoms with Crippen molar-refractivity contribution in [3.8, 4) is 0 Å². The molecular weight excluding hydrogens is 344 g/mol. The molecule has 8 nitrogen and oxygen atoms in total. The van der Waals surface area contributed by atoms with Gasteiger partial charge in [-0.3, -0.25) is 19.7 Å². The number of nitro groups is 1. The van der Waals surface area contributed by atoms with E-state index in [-0.39, 0.29) is 23.7 Å². The Morgan fingerprint density at radius 3 is 2.84 bits per heavy atom. The van der Waals surface area contributed by atoms with Crippen molar-refractivity contribution in [3.05, 3.63) is 33.9 Å². The molecule has 3 rings (SSSR count). The molecule has 0 spiro atoms. The standard InChI is InChI=1S/C16H18N4O4S/c1-10-4-5-11(12(8-10)20(23)24)17-14(21)9-13-15(22)18-16(25-13)19-6-2-3-7-19/h4-5,8,13H,2-3,6-7,9H2,1H3,(H,17,21)/t13-/m0/s1. The van der Waals surface area contributed by atoms with E-state index in [4.69, 9.17) is 0 Å². The van der Waals surface area contributed by atoms with E-state index in [0.717, 1.165) is 31.5 Å². The molecule has 1 aromatic rings. The second-order valence-electron chi connectivity index (χ2n) is 6.06. The van der Waals surface area contributed by atoms with Crippen LogP contribution in [0.5, 0.6) is 0 Å². The summed E-state index contributed by atoms with van der Waals surface area (Å²) in [5.74, 6) is -0.754. The summed E-state index contributed by atoms with van der Waals surface area (Å²) < 4.78 is 0. The maximum atomic E-state index is 12.2. The van der Waals surface area contributed by atoms with Crippen LogP contribution in [0.4, 0.5) is 11.4 Å². The molecule has 9 heteroatoms. The number of rotatable bonds is 4. The van der Waals surface area contributed by atoms with Gasteiger partial charge < -0.3 is 10.2 Å². The van der Waals surface area contributed by atoms with Gasteiger partial charge in [0.2, 0.25) is 5.91 Å². The van der Waals surface area contributed by atoms with Crippen LogP contribution in [0.3, 0.4) is 0 Å². The van der Waals surface area contributed by atoms with Crippen LogP contribution in [0.2, 0.25) is 0 Å². The van der Waals surface area contributed by atoms with Crippen LogP contribution in [0.1, 0.15) is 24.8 Å². The molecule has 2 aliphatic rings. The zero-order valence-electron chi connectivity index (χ0n) is 13.7. The highest BCUT2D eigenvalue weighted by molar-refractivity contribution is 8.15. The Balaban J connectivity index is 1.62. The van der Waals surface area contributed by atoms with Gasteiger partial charge in [-0.2, -0.15) is 4.99 Å². The van der Waals surface area contributed by atoms with E-state index < -0.39 is 16.1 Å². The predicted octanol–water partition coefficient (Wildman–Crippen LogP) is 2.33. The van der Waals surface area contributed by atoms with Crippen LogP contribution in [-0.4, -0.2) is 45.1 Å². The number of thioether (sulfide) groups is 1. The van der Waals surface area contributed by atoms with Crippen molar-refractivity contribution >= 4 is 40.1 Å². The molecule has 2 aliphatic heterocycles. The van der Waals surface area contributed by atoms with E-state index in [9.17, 15) is 19.7 Å². The van der Waals surface area contributed by atoms with E-state index in [1.165, 1.54) is 23.9 Å². The third kappa shape index (κ3) is 3.98. The molecule has 1 atom stereocenters. The monoisotopic (exact) mass is 362 g/mol. The van der Waals surface area contributed by atoms with Gasteiger partial charge in [-0.15, -0.1) is 0 Å². The second-order valence-corrected chi connectivity index (χ2v) is 7.23. The van der Waals surface area contributed by atoms with Gasteiger partial charge in [-0.25, -0.2) is 0 Å². The summed E-state index contributed by atoms with van der Waals surface area (Å²) in [6, 6.07) is 4.59. The van der Waals surface area contributed by atoms with E-state index >= 15 is 0 Å². The molecule has 1 N–H and O–H groups in total. The number of amides is 2. The fourth-order valence-corrected chi connectivity index (χ4v) is 3.94. The Bertz CT molecular complexity index is 759. The first-order valence-corrected chi connectivity index (χ1v) is 8.91. The molecule has 1 saturated heterocycles. The van der Waals surface area contributed by atoms with Crippen LogP contribution < -0.4 is 5.32 Å². The lowest BCUT2D eigenvalue weighted by atomic mass is 10.2. The minimum Gasteiger partial charge on any atom is -0.351 e. The van der Waals surface area contributed by atoms with Gasteiger partial charge in [-0.05, 0) is 31.4 Å². The van der Waals surface area contributed by atoms with Crippen LogP contribution in [0.25, 0.3) is 0 Å². The van der Waals surface area contributed by atoms with Crippen molar-refractivity contribution in [2.75, 3.05) is 18.4 Å². The summed E-state index contributed by atoms with van der Waals surface area (Å²) in [5, 5.41) is 13.8. The summed E-state index contributed by atoms with van der Waals surface area (Å²) in [5.41, 5.74) is 0.708. The van der Waals surface area contributed by atoms with Crippen LogP contribution in [0, 0.1) is 17.0 Å². The lowest BCUT2D eigenvalue weighted by Crippen LogP contribution is -2.25. The summed E-state index contributed by atoms with van der Waals surface area (Å²) in [6.45, 7) is 3.50. The number of anilines is 1. The molecule has 2 amide bonds. The maximum Gasteiger partial charge on any atom is 0.293 e. The Hall–Kier alpha value is -2.42. The lowest BCUT2D eigenvalue weighted by Gasteiger charge is -2.16. The van der Waals surface area contributed by atoms with Gasteiger partial charge in [0, 0.05) is 25.6 Å². The molecule has 0 bridgehead atoms. The molecule has 0 unspecified atom stereocenters. The van der Waals surface area contributed by atoms with Crippen molar-refractivity contribution < 1.29 is 14.5 Å². The number of amidine groups is 1. The largest absolute Gasteiger partial charge is 0.351 e. The Labute approximate surface area is 148 Å². The van der Waals surface area contributed by atoms with Crippen LogP contribution in [-0.2, 0) is 9.59 Å². The van der Waals surface area contributed by atoms with E-state index in [2.05, 4.69) is 15.2 Å². The number of aryl methyl sites for hydroxylation is 1. The number of nitrogens with one attached hydrogen (secondary N) is 1. The highest BCUT2D eigenvalue weighted by Crippen LogP contribution is 2.30. The van der Waals surface area contributed by atoms with Gasteiger partial charge in [0.25, 0.3) is 11.6 Å². The molecule has 132 valence electrons. The zero-order valence-corrected chi connectivity index (χ0v) is 14.5. The molecule has 25 heavy (non-hydrogen) atoms. The number of carbonyl (C=O) groups is 2. The average molecular weight is 362 g/mol. The quantitative estimate of drug-likeness (QED) is 0.651. The number of nitro benzene ring substituents is 1. The van der Waals surface area contributed by atoms with Gasteiger partial charge in [-0.1, -0.05) is 17.8 Å².